The van der Waals surface area contributed by atoms with Crippen LogP contribution in [0.2, 0.25) is 5.02 Å². The van der Waals surface area contributed by atoms with Crippen molar-refractivity contribution in [2.75, 3.05) is 0 Å². The molecule has 5 heteroatoms. The highest BCUT2D eigenvalue weighted by atomic mass is 79.9. The Morgan fingerprint density at radius 3 is 2.45 bits per heavy atom. The van der Waals surface area contributed by atoms with Gasteiger partial charge in [-0.1, -0.05) is 23.7 Å². The Labute approximate surface area is 130 Å². The Bertz CT molecular complexity index is 589. The van der Waals surface area contributed by atoms with Crippen LogP contribution in [-0.4, -0.2) is 6.04 Å². The van der Waals surface area contributed by atoms with Crippen LogP contribution in [0.15, 0.2) is 46.9 Å². The average molecular weight is 359 g/mol. The number of hydrogen-bond donors (Lipinski definition) is 1. The summed E-state index contributed by atoms with van der Waals surface area (Å²) in [5.41, 5.74) is 6.87. The minimum absolute atomic E-state index is 0.258. The van der Waals surface area contributed by atoms with Gasteiger partial charge in [0.05, 0.1) is 4.47 Å². The summed E-state index contributed by atoms with van der Waals surface area (Å²) >= 11 is 9.21. The van der Waals surface area contributed by atoms with E-state index in [4.69, 9.17) is 22.1 Å². The second-order valence-electron chi connectivity index (χ2n) is 4.52. The van der Waals surface area contributed by atoms with Crippen LogP contribution in [0.4, 0.5) is 4.39 Å². The predicted octanol–water partition coefficient (Wildman–Crippen LogP) is 4.71. The van der Waals surface area contributed by atoms with Crippen molar-refractivity contribution in [1.29, 1.82) is 0 Å². The summed E-state index contributed by atoms with van der Waals surface area (Å²) in [6.07, 6.45) is -0.384. The molecule has 0 saturated heterocycles. The third kappa shape index (κ3) is 3.72. The first-order valence-corrected chi connectivity index (χ1v) is 7.27. The van der Waals surface area contributed by atoms with Crippen molar-refractivity contribution in [2.24, 2.45) is 5.73 Å². The number of hydrogen-bond acceptors (Lipinski definition) is 2. The highest BCUT2D eigenvalue weighted by Crippen LogP contribution is 2.31. The summed E-state index contributed by atoms with van der Waals surface area (Å²) in [6, 6.07) is 11.3. The van der Waals surface area contributed by atoms with Crippen LogP contribution in [0.3, 0.4) is 0 Å². The second kappa shape index (κ2) is 6.57. The van der Waals surface area contributed by atoms with Gasteiger partial charge in [0.2, 0.25) is 0 Å². The molecule has 106 valence electrons. The number of benzene rings is 2. The monoisotopic (exact) mass is 357 g/mol. The van der Waals surface area contributed by atoms with Crippen LogP contribution in [0.25, 0.3) is 0 Å². The first kappa shape index (κ1) is 15.3. The Kier molecular flexibility index (Phi) is 5.02. The van der Waals surface area contributed by atoms with Crippen LogP contribution in [-0.2, 0) is 0 Å². The zero-order valence-corrected chi connectivity index (χ0v) is 13.2. The molecule has 2 nitrogen and oxygen atoms in total. The summed E-state index contributed by atoms with van der Waals surface area (Å²) in [5, 5.41) is 0.643. The zero-order chi connectivity index (χ0) is 14.7. The summed E-state index contributed by atoms with van der Waals surface area (Å²) in [7, 11) is 0. The normalized spacial score (nSPS) is 13.8. The molecule has 2 atom stereocenters. The fourth-order valence-corrected chi connectivity index (χ4v) is 2.30. The molecule has 2 aromatic rings. The Balaban J connectivity index is 2.30. The molecule has 2 aromatic carbocycles. The number of nitrogens with two attached hydrogens (primary N) is 1. The van der Waals surface area contributed by atoms with Crippen molar-refractivity contribution in [2.45, 2.75) is 19.1 Å². The van der Waals surface area contributed by atoms with E-state index in [1.165, 1.54) is 12.1 Å². The van der Waals surface area contributed by atoms with Gasteiger partial charge < -0.3 is 10.5 Å². The van der Waals surface area contributed by atoms with E-state index in [0.717, 1.165) is 5.56 Å². The third-order valence-electron chi connectivity index (χ3n) is 2.82. The van der Waals surface area contributed by atoms with Crippen LogP contribution in [0.5, 0.6) is 5.75 Å². The minimum atomic E-state index is -0.384. The first-order chi connectivity index (χ1) is 9.47. The van der Waals surface area contributed by atoms with Crippen molar-refractivity contribution < 1.29 is 9.13 Å². The fourth-order valence-electron chi connectivity index (χ4n) is 1.84. The molecule has 0 fully saturated rings. The van der Waals surface area contributed by atoms with Gasteiger partial charge in [-0.25, -0.2) is 4.39 Å². The highest BCUT2D eigenvalue weighted by molar-refractivity contribution is 9.10. The van der Waals surface area contributed by atoms with Gasteiger partial charge in [0, 0.05) is 17.1 Å². The van der Waals surface area contributed by atoms with Gasteiger partial charge in [0.25, 0.3) is 0 Å². The molecule has 0 spiro atoms. The Hall–Kier alpha value is -1.10. The number of halogens is 3. The Morgan fingerprint density at radius 2 is 1.85 bits per heavy atom. The van der Waals surface area contributed by atoms with E-state index in [9.17, 15) is 4.39 Å². The summed E-state index contributed by atoms with van der Waals surface area (Å²) in [4.78, 5) is 0. The summed E-state index contributed by atoms with van der Waals surface area (Å²) < 4.78 is 19.8. The first-order valence-electron chi connectivity index (χ1n) is 6.10. The molecule has 0 radical (unpaired) electrons. The molecule has 2 rings (SSSR count). The molecule has 2 unspecified atom stereocenters. The molecule has 0 bridgehead atoms. The van der Waals surface area contributed by atoms with E-state index in [2.05, 4.69) is 15.9 Å². The molecule has 0 aromatic heterocycles. The summed E-state index contributed by atoms with van der Waals surface area (Å²) in [6.45, 7) is 1.84. The maximum absolute atomic E-state index is 13.3. The van der Waals surface area contributed by atoms with Gasteiger partial charge in [-0.05, 0) is 52.7 Å². The van der Waals surface area contributed by atoms with Crippen LogP contribution < -0.4 is 10.5 Å². The number of rotatable bonds is 4. The zero-order valence-electron chi connectivity index (χ0n) is 10.8. The topological polar surface area (TPSA) is 35.2 Å². The predicted molar refractivity (Wildman–Crippen MR) is 82.6 cm³/mol. The highest BCUT2D eigenvalue weighted by Gasteiger charge is 2.19. The quantitative estimate of drug-likeness (QED) is 0.859. The molecule has 0 heterocycles. The Morgan fingerprint density at radius 1 is 1.20 bits per heavy atom. The van der Waals surface area contributed by atoms with Gasteiger partial charge in [0.1, 0.15) is 17.7 Å². The molecule has 0 saturated carbocycles. The smallest absolute Gasteiger partial charge is 0.139 e. The van der Waals surface area contributed by atoms with Crippen LogP contribution >= 0.6 is 27.5 Å². The van der Waals surface area contributed by atoms with Gasteiger partial charge >= 0.3 is 0 Å². The van der Waals surface area contributed by atoms with Crippen molar-refractivity contribution in [1.82, 2.24) is 0 Å². The van der Waals surface area contributed by atoms with Crippen LogP contribution in [0, 0.1) is 5.82 Å². The summed E-state index contributed by atoms with van der Waals surface area (Å²) in [5.74, 6) is 0.0602. The van der Waals surface area contributed by atoms with Gasteiger partial charge in [0.15, 0.2) is 0 Å². The van der Waals surface area contributed by atoms with Crippen molar-refractivity contribution in [3.8, 4) is 5.75 Å². The molecule has 0 amide bonds. The van der Waals surface area contributed by atoms with Gasteiger partial charge in [-0.3, -0.25) is 0 Å². The molecule has 2 N–H and O–H groups in total. The SMILES string of the molecule is CC(N)C(Oc1cc(F)ccc1Br)c1ccc(Cl)cc1. The lowest BCUT2D eigenvalue weighted by Crippen LogP contribution is -2.29. The standard InChI is InChI=1S/C15H14BrClFNO/c1-9(19)15(10-2-4-11(17)5-3-10)20-14-8-12(18)6-7-13(14)16/h2-9,15H,19H2,1H3. The largest absolute Gasteiger partial charge is 0.483 e. The fraction of sp³-hybridized carbons (Fsp3) is 0.200. The van der Waals surface area contributed by atoms with Crippen LogP contribution in [0.1, 0.15) is 18.6 Å². The third-order valence-corrected chi connectivity index (χ3v) is 3.73. The second-order valence-corrected chi connectivity index (χ2v) is 5.81. The number of ether oxygens (including phenoxy) is 1. The molecule has 0 aliphatic rings. The molecular weight excluding hydrogens is 345 g/mol. The lowest BCUT2D eigenvalue weighted by molar-refractivity contribution is 0.178. The van der Waals surface area contributed by atoms with Crippen molar-refractivity contribution in [3.63, 3.8) is 0 Å². The van der Waals surface area contributed by atoms with E-state index < -0.39 is 0 Å². The maximum Gasteiger partial charge on any atom is 0.139 e. The van der Waals surface area contributed by atoms with Crippen molar-refractivity contribution >= 4 is 27.5 Å². The average Bonchev–Trinajstić information content (AvgIpc) is 2.40. The minimum Gasteiger partial charge on any atom is -0.483 e. The molecular formula is C15H14BrClFNO. The van der Waals surface area contributed by atoms with E-state index in [1.807, 2.05) is 19.1 Å². The molecule has 0 aliphatic carbocycles. The molecule has 0 aliphatic heterocycles. The lowest BCUT2D eigenvalue weighted by atomic mass is 10.0. The van der Waals surface area contributed by atoms with E-state index in [1.54, 1.807) is 18.2 Å². The van der Waals surface area contributed by atoms with E-state index in [0.29, 0.717) is 15.2 Å². The van der Waals surface area contributed by atoms with Crippen molar-refractivity contribution in [3.05, 3.63) is 63.3 Å². The lowest BCUT2D eigenvalue weighted by Gasteiger charge is -2.23. The maximum atomic E-state index is 13.3. The van der Waals surface area contributed by atoms with E-state index in [-0.39, 0.29) is 18.0 Å². The van der Waals surface area contributed by atoms with E-state index >= 15 is 0 Å². The van der Waals surface area contributed by atoms with Gasteiger partial charge in [-0.2, -0.15) is 0 Å². The molecule has 20 heavy (non-hydrogen) atoms. The van der Waals surface area contributed by atoms with Gasteiger partial charge in [-0.15, -0.1) is 0 Å².